The van der Waals surface area contributed by atoms with Crippen LogP contribution in [0.15, 0.2) is 60.7 Å². The van der Waals surface area contributed by atoms with Crippen LogP contribution in [0.25, 0.3) is 5.57 Å². The second-order valence-electron chi connectivity index (χ2n) is 7.18. The van der Waals surface area contributed by atoms with Crippen molar-refractivity contribution in [3.8, 4) is 0 Å². The second kappa shape index (κ2) is 7.91. The van der Waals surface area contributed by atoms with Gasteiger partial charge in [0.15, 0.2) is 0 Å². The van der Waals surface area contributed by atoms with E-state index in [0.29, 0.717) is 25.2 Å². The number of carbonyl (C=O) groups excluding carboxylic acids is 1. The summed E-state index contributed by atoms with van der Waals surface area (Å²) in [4.78, 5) is 14.3. The van der Waals surface area contributed by atoms with Crippen molar-refractivity contribution in [2.45, 2.75) is 31.3 Å². The van der Waals surface area contributed by atoms with Crippen LogP contribution in [-0.2, 0) is 22.3 Å². The maximum atomic E-state index is 13.0. The fourth-order valence-corrected chi connectivity index (χ4v) is 3.78. The number of rotatable bonds is 3. The largest absolute Gasteiger partial charge is 0.445 e. The number of amides is 1. The Morgan fingerprint density at radius 2 is 1.90 bits per heavy atom. The van der Waals surface area contributed by atoms with Gasteiger partial charge >= 0.3 is 12.3 Å². The lowest BCUT2D eigenvalue weighted by molar-refractivity contribution is -0.137. The molecule has 2 atom stereocenters. The molecule has 2 aliphatic heterocycles. The van der Waals surface area contributed by atoms with E-state index in [2.05, 4.69) is 0 Å². The summed E-state index contributed by atoms with van der Waals surface area (Å²) in [6.07, 6.45) is -2.60. The molecule has 1 amide bonds. The third-order valence-electron chi connectivity index (χ3n) is 5.18. The summed E-state index contributed by atoms with van der Waals surface area (Å²) in [6.45, 7) is 0.785. The second-order valence-corrected chi connectivity index (χ2v) is 7.18. The van der Waals surface area contributed by atoms with Crippen LogP contribution in [0.4, 0.5) is 18.0 Å². The highest BCUT2D eigenvalue weighted by Crippen LogP contribution is 2.36. The third kappa shape index (κ3) is 4.29. The van der Waals surface area contributed by atoms with E-state index in [-0.39, 0.29) is 18.7 Å². The van der Waals surface area contributed by atoms with Crippen LogP contribution in [-0.4, -0.2) is 36.3 Å². The number of alkyl halides is 3. The molecule has 4 rings (SSSR count). The van der Waals surface area contributed by atoms with Crippen LogP contribution in [0.5, 0.6) is 0 Å². The molecule has 2 aliphatic rings. The molecule has 1 saturated heterocycles. The zero-order valence-corrected chi connectivity index (χ0v) is 15.6. The van der Waals surface area contributed by atoms with Gasteiger partial charge in [-0.2, -0.15) is 13.2 Å². The van der Waals surface area contributed by atoms with E-state index in [1.807, 2.05) is 36.4 Å². The van der Waals surface area contributed by atoms with Gasteiger partial charge in [0, 0.05) is 0 Å². The Hall–Kier alpha value is -2.80. The molecule has 0 N–H and O–H groups in total. The minimum atomic E-state index is -4.39. The third-order valence-corrected chi connectivity index (χ3v) is 5.18. The van der Waals surface area contributed by atoms with Crippen molar-refractivity contribution in [3.05, 3.63) is 77.4 Å². The summed E-state index contributed by atoms with van der Waals surface area (Å²) in [5.74, 6) is 0. The molecule has 0 radical (unpaired) electrons. The number of carbonyl (C=O) groups is 1. The van der Waals surface area contributed by atoms with Crippen molar-refractivity contribution >= 4 is 11.7 Å². The number of nitrogens with zero attached hydrogens (tertiary/aromatic N) is 1. The lowest BCUT2D eigenvalue weighted by atomic mass is 9.89. The molecule has 4 nitrogen and oxygen atoms in total. The van der Waals surface area contributed by atoms with Crippen molar-refractivity contribution in [1.29, 1.82) is 0 Å². The van der Waals surface area contributed by atoms with Crippen LogP contribution >= 0.6 is 0 Å². The molecular weight excluding hydrogens is 383 g/mol. The fraction of sp³-hybridized carbons (Fsp3) is 0.318. The fourth-order valence-electron chi connectivity index (χ4n) is 3.78. The van der Waals surface area contributed by atoms with Crippen molar-refractivity contribution in [3.63, 3.8) is 0 Å². The Labute approximate surface area is 166 Å². The molecule has 2 aromatic rings. The first-order chi connectivity index (χ1) is 13.9. The number of hydrogen-bond acceptors (Lipinski definition) is 3. The van der Waals surface area contributed by atoms with Gasteiger partial charge in [0.05, 0.1) is 30.9 Å². The van der Waals surface area contributed by atoms with Crippen LogP contribution in [0.3, 0.4) is 0 Å². The minimum absolute atomic E-state index is 0.167. The first kappa shape index (κ1) is 19.5. The molecule has 0 aromatic heterocycles. The summed E-state index contributed by atoms with van der Waals surface area (Å²) in [6, 6.07) is 14.0. The highest BCUT2D eigenvalue weighted by Gasteiger charge is 2.39. The molecule has 0 saturated carbocycles. The standard InChI is InChI=1S/C22H20F3NO3/c23-22(24,25)18-8-4-7-16(9-18)17-10-19-13-28-14-20(11-17)26(19)21(27)29-12-15-5-2-1-3-6-15/h1-10,19-20H,11-14H2. The smallest absolute Gasteiger partial charge is 0.416 e. The van der Waals surface area contributed by atoms with Gasteiger partial charge in [-0.15, -0.1) is 0 Å². The molecular formula is C22H20F3NO3. The van der Waals surface area contributed by atoms with Gasteiger partial charge in [0.1, 0.15) is 6.61 Å². The molecule has 2 bridgehead atoms. The lowest BCUT2D eigenvalue weighted by Gasteiger charge is -2.43. The van der Waals surface area contributed by atoms with Gasteiger partial charge in [-0.25, -0.2) is 4.79 Å². The molecule has 2 unspecified atom stereocenters. The summed E-state index contributed by atoms with van der Waals surface area (Å²) in [5.41, 5.74) is 1.53. The van der Waals surface area contributed by atoms with Crippen molar-refractivity contribution in [2.24, 2.45) is 0 Å². The quantitative estimate of drug-likeness (QED) is 0.732. The summed E-state index contributed by atoms with van der Waals surface area (Å²) < 4.78 is 50.2. The number of morpholine rings is 1. The van der Waals surface area contributed by atoms with Crippen molar-refractivity contribution in [1.82, 2.24) is 4.90 Å². The summed E-state index contributed by atoms with van der Waals surface area (Å²) in [7, 11) is 0. The predicted octanol–water partition coefficient (Wildman–Crippen LogP) is 4.90. The van der Waals surface area contributed by atoms with Crippen LogP contribution in [0, 0.1) is 0 Å². The molecule has 1 fully saturated rings. The Morgan fingerprint density at radius 3 is 2.62 bits per heavy atom. The normalized spacial score (nSPS) is 21.5. The highest BCUT2D eigenvalue weighted by atomic mass is 19.4. The minimum Gasteiger partial charge on any atom is -0.445 e. The number of ether oxygens (including phenoxy) is 2. The van der Waals surface area contributed by atoms with E-state index in [9.17, 15) is 18.0 Å². The van der Waals surface area contributed by atoms with E-state index in [4.69, 9.17) is 9.47 Å². The first-order valence-electron chi connectivity index (χ1n) is 9.37. The lowest BCUT2D eigenvalue weighted by Crippen LogP contribution is -2.56. The van der Waals surface area contributed by atoms with E-state index in [1.54, 1.807) is 11.0 Å². The Morgan fingerprint density at radius 1 is 1.10 bits per heavy atom. The van der Waals surface area contributed by atoms with Crippen molar-refractivity contribution < 1.29 is 27.4 Å². The summed E-state index contributed by atoms with van der Waals surface area (Å²) >= 11 is 0. The highest BCUT2D eigenvalue weighted by molar-refractivity contribution is 5.74. The Kier molecular flexibility index (Phi) is 5.32. The average molecular weight is 403 g/mol. The maximum Gasteiger partial charge on any atom is 0.416 e. The number of hydrogen-bond donors (Lipinski definition) is 0. The van der Waals surface area contributed by atoms with Gasteiger partial charge in [0.25, 0.3) is 0 Å². The average Bonchev–Trinajstić information content (AvgIpc) is 2.71. The molecule has 2 aromatic carbocycles. The number of fused-ring (bicyclic) bond motifs is 2. The molecule has 29 heavy (non-hydrogen) atoms. The predicted molar refractivity (Wildman–Crippen MR) is 101 cm³/mol. The van der Waals surface area contributed by atoms with Crippen LogP contribution < -0.4 is 0 Å². The Balaban J connectivity index is 1.52. The SMILES string of the molecule is O=C(OCc1ccccc1)N1C2C=C(c3cccc(C(F)(F)F)c3)CC1COC2. The monoisotopic (exact) mass is 403 g/mol. The topological polar surface area (TPSA) is 38.8 Å². The zero-order valence-electron chi connectivity index (χ0n) is 15.6. The van der Waals surface area contributed by atoms with Crippen LogP contribution in [0.1, 0.15) is 23.1 Å². The van der Waals surface area contributed by atoms with Crippen LogP contribution in [0.2, 0.25) is 0 Å². The van der Waals surface area contributed by atoms with E-state index < -0.39 is 17.8 Å². The van der Waals surface area contributed by atoms with E-state index in [1.165, 1.54) is 6.07 Å². The molecule has 0 spiro atoms. The number of halogens is 3. The van der Waals surface area contributed by atoms with Crippen molar-refractivity contribution in [2.75, 3.05) is 13.2 Å². The van der Waals surface area contributed by atoms with Gasteiger partial charge in [-0.1, -0.05) is 48.5 Å². The molecule has 152 valence electrons. The van der Waals surface area contributed by atoms with Gasteiger partial charge in [0.2, 0.25) is 0 Å². The molecule has 7 heteroatoms. The van der Waals surface area contributed by atoms with Gasteiger partial charge in [-0.3, -0.25) is 4.90 Å². The molecule has 0 aliphatic carbocycles. The van der Waals surface area contributed by atoms with Gasteiger partial charge < -0.3 is 9.47 Å². The summed E-state index contributed by atoms with van der Waals surface area (Å²) in [5, 5.41) is 0. The Bertz CT molecular complexity index is 911. The van der Waals surface area contributed by atoms with Gasteiger partial charge in [-0.05, 0) is 35.3 Å². The van der Waals surface area contributed by atoms with E-state index in [0.717, 1.165) is 23.3 Å². The maximum absolute atomic E-state index is 13.0. The number of benzene rings is 2. The zero-order chi connectivity index (χ0) is 20.4. The molecule has 2 heterocycles. The van der Waals surface area contributed by atoms with E-state index >= 15 is 0 Å². The first-order valence-corrected chi connectivity index (χ1v) is 9.37.